The van der Waals surface area contributed by atoms with Crippen molar-refractivity contribution in [1.29, 1.82) is 5.26 Å². The molecule has 0 aliphatic carbocycles. The van der Waals surface area contributed by atoms with E-state index in [1.165, 1.54) is 11.6 Å². The number of carbonyl (C=O) groups is 1. The second-order valence-electron chi connectivity index (χ2n) is 6.01. The molecule has 0 saturated heterocycles. The molecular formula is C22H23NO5. The van der Waals surface area contributed by atoms with Crippen molar-refractivity contribution < 1.29 is 24.1 Å². The molecule has 0 aromatic heterocycles. The van der Waals surface area contributed by atoms with Crippen LogP contribution in [0.5, 0.6) is 17.2 Å². The van der Waals surface area contributed by atoms with Crippen LogP contribution < -0.4 is 14.2 Å². The molecule has 0 bridgehead atoms. The predicted molar refractivity (Wildman–Crippen MR) is 106 cm³/mol. The maximum Gasteiger partial charge on any atom is 0.346 e. The lowest BCUT2D eigenvalue weighted by Gasteiger charge is -2.14. The Morgan fingerprint density at radius 1 is 1.07 bits per heavy atom. The van der Waals surface area contributed by atoms with Crippen molar-refractivity contribution in [2.24, 2.45) is 0 Å². The molecule has 2 aromatic rings. The van der Waals surface area contributed by atoms with E-state index >= 15 is 0 Å². The highest BCUT2D eigenvalue weighted by Crippen LogP contribution is 2.29. The molecule has 2 aromatic carbocycles. The highest BCUT2D eigenvalue weighted by atomic mass is 16.5. The van der Waals surface area contributed by atoms with Gasteiger partial charge in [-0.1, -0.05) is 18.2 Å². The van der Waals surface area contributed by atoms with Crippen molar-refractivity contribution in [2.45, 2.75) is 20.8 Å². The van der Waals surface area contributed by atoms with E-state index in [4.69, 9.17) is 24.6 Å². The number of aliphatic carboxylic acids is 1. The molecule has 0 heterocycles. The Balaban J connectivity index is 2.05. The van der Waals surface area contributed by atoms with Gasteiger partial charge in [-0.25, -0.2) is 4.79 Å². The molecule has 2 rings (SSSR count). The van der Waals surface area contributed by atoms with Crippen LogP contribution in [-0.4, -0.2) is 30.9 Å². The van der Waals surface area contributed by atoms with Crippen LogP contribution >= 0.6 is 0 Å². The SMILES string of the molecule is CCOc1cc(C=C(C#N)C(=O)O)ccc1OCCOc1cccc(C)c1C. The summed E-state index contributed by atoms with van der Waals surface area (Å²) in [5, 5.41) is 17.9. The smallest absolute Gasteiger partial charge is 0.346 e. The maximum atomic E-state index is 11.0. The molecule has 0 spiro atoms. The van der Waals surface area contributed by atoms with Gasteiger partial charge in [-0.15, -0.1) is 0 Å². The molecule has 6 heteroatoms. The van der Waals surface area contributed by atoms with E-state index in [9.17, 15) is 4.79 Å². The number of aryl methyl sites for hydroxylation is 1. The number of carboxylic acid groups (broad SMARTS) is 1. The summed E-state index contributed by atoms with van der Waals surface area (Å²) in [7, 11) is 0. The monoisotopic (exact) mass is 381 g/mol. The first kappa shape index (κ1) is 20.8. The zero-order valence-corrected chi connectivity index (χ0v) is 16.2. The number of nitriles is 1. The summed E-state index contributed by atoms with van der Waals surface area (Å²) in [6.45, 7) is 7.00. The normalized spacial score (nSPS) is 10.9. The average molecular weight is 381 g/mol. The Bertz CT molecular complexity index is 912. The van der Waals surface area contributed by atoms with E-state index in [2.05, 4.69) is 0 Å². The van der Waals surface area contributed by atoms with Gasteiger partial charge in [-0.05, 0) is 61.7 Å². The standard InChI is InChI=1S/C22H23NO5/c1-4-26-21-13-17(12-18(14-23)22(24)25)8-9-20(21)28-11-10-27-19-7-5-6-15(2)16(19)3/h5-9,12-13H,4,10-11H2,1-3H3,(H,24,25). The Hall–Kier alpha value is -3.46. The number of carboxylic acids is 1. The molecule has 1 N–H and O–H groups in total. The second-order valence-corrected chi connectivity index (χ2v) is 6.01. The first-order chi connectivity index (χ1) is 13.5. The molecule has 0 radical (unpaired) electrons. The van der Waals surface area contributed by atoms with Gasteiger partial charge in [-0.3, -0.25) is 0 Å². The van der Waals surface area contributed by atoms with E-state index < -0.39 is 5.97 Å². The van der Waals surface area contributed by atoms with E-state index in [1.54, 1.807) is 24.3 Å². The van der Waals surface area contributed by atoms with Crippen molar-refractivity contribution >= 4 is 12.0 Å². The molecular weight excluding hydrogens is 358 g/mol. The molecule has 0 fully saturated rings. The van der Waals surface area contributed by atoms with Gasteiger partial charge < -0.3 is 19.3 Å². The van der Waals surface area contributed by atoms with Gasteiger partial charge >= 0.3 is 5.97 Å². The van der Waals surface area contributed by atoms with Crippen molar-refractivity contribution in [3.63, 3.8) is 0 Å². The summed E-state index contributed by atoms with van der Waals surface area (Å²) in [5.41, 5.74) is 2.46. The fourth-order valence-electron chi connectivity index (χ4n) is 2.49. The van der Waals surface area contributed by atoms with Gasteiger partial charge in [0.2, 0.25) is 0 Å². The third kappa shape index (κ3) is 5.52. The first-order valence-corrected chi connectivity index (χ1v) is 8.90. The maximum absolute atomic E-state index is 11.0. The number of rotatable bonds is 9. The zero-order valence-electron chi connectivity index (χ0n) is 16.2. The van der Waals surface area contributed by atoms with Gasteiger partial charge in [0.1, 0.15) is 30.6 Å². The quantitative estimate of drug-likeness (QED) is 0.399. The average Bonchev–Trinajstić information content (AvgIpc) is 2.67. The Morgan fingerprint density at radius 3 is 2.43 bits per heavy atom. The third-order valence-electron chi connectivity index (χ3n) is 4.08. The van der Waals surface area contributed by atoms with Crippen LogP contribution in [0.3, 0.4) is 0 Å². The summed E-state index contributed by atoms with van der Waals surface area (Å²) in [6.07, 6.45) is 1.29. The largest absolute Gasteiger partial charge is 0.490 e. The third-order valence-corrected chi connectivity index (χ3v) is 4.08. The molecule has 6 nitrogen and oxygen atoms in total. The molecule has 0 saturated carbocycles. The lowest BCUT2D eigenvalue weighted by molar-refractivity contribution is -0.132. The minimum absolute atomic E-state index is 0.321. The summed E-state index contributed by atoms with van der Waals surface area (Å²) in [4.78, 5) is 11.0. The number of ether oxygens (including phenoxy) is 3. The van der Waals surface area contributed by atoms with E-state index in [0.29, 0.717) is 36.9 Å². The van der Waals surface area contributed by atoms with Crippen molar-refractivity contribution in [1.82, 2.24) is 0 Å². The number of benzene rings is 2. The summed E-state index contributed by atoms with van der Waals surface area (Å²) < 4.78 is 17.1. The van der Waals surface area contributed by atoms with E-state index in [0.717, 1.165) is 11.3 Å². The van der Waals surface area contributed by atoms with Crippen LogP contribution in [0.1, 0.15) is 23.6 Å². The van der Waals surface area contributed by atoms with Crippen LogP contribution in [0.25, 0.3) is 6.08 Å². The highest BCUT2D eigenvalue weighted by molar-refractivity contribution is 5.96. The fraction of sp³-hybridized carbons (Fsp3) is 0.273. The minimum Gasteiger partial charge on any atom is -0.490 e. The van der Waals surface area contributed by atoms with Crippen LogP contribution in [0.2, 0.25) is 0 Å². The zero-order chi connectivity index (χ0) is 20.5. The molecule has 0 unspecified atom stereocenters. The second kappa shape index (κ2) is 10.0. The van der Waals surface area contributed by atoms with Gasteiger partial charge in [0.15, 0.2) is 11.5 Å². The van der Waals surface area contributed by atoms with Gasteiger partial charge in [0.05, 0.1) is 6.61 Å². The summed E-state index contributed by atoms with van der Waals surface area (Å²) >= 11 is 0. The van der Waals surface area contributed by atoms with Gasteiger partial charge in [0, 0.05) is 0 Å². The van der Waals surface area contributed by atoms with Crippen LogP contribution in [0.15, 0.2) is 42.0 Å². The van der Waals surface area contributed by atoms with Crippen molar-refractivity contribution in [2.75, 3.05) is 19.8 Å². The topological polar surface area (TPSA) is 88.8 Å². The summed E-state index contributed by atoms with van der Waals surface area (Å²) in [6, 6.07) is 12.6. The van der Waals surface area contributed by atoms with Crippen molar-refractivity contribution in [3.8, 4) is 23.3 Å². The Morgan fingerprint density at radius 2 is 1.79 bits per heavy atom. The van der Waals surface area contributed by atoms with E-state index in [-0.39, 0.29) is 5.57 Å². The molecule has 146 valence electrons. The molecule has 28 heavy (non-hydrogen) atoms. The minimum atomic E-state index is -1.27. The predicted octanol–water partition coefficient (Wildman–Crippen LogP) is 4.15. The fourth-order valence-corrected chi connectivity index (χ4v) is 2.49. The lowest BCUT2D eigenvalue weighted by Crippen LogP contribution is -2.10. The first-order valence-electron chi connectivity index (χ1n) is 8.90. The highest BCUT2D eigenvalue weighted by Gasteiger charge is 2.10. The van der Waals surface area contributed by atoms with Gasteiger partial charge in [-0.2, -0.15) is 5.26 Å². The van der Waals surface area contributed by atoms with Gasteiger partial charge in [0.25, 0.3) is 0 Å². The van der Waals surface area contributed by atoms with Crippen molar-refractivity contribution in [3.05, 3.63) is 58.7 Å². The number of nitrogens with zero attached hydrogens (tertiary/aromatic N) is 1. The van der Waals surface area contributed by atoms with Crippen LogP contribution in [0.4, 0.5) is 0 Å². The Labute approximate surface area is 164 Å². The molecule has 0 aliphatic heterocycles. The lowest BCUT2D eigenvalue weighted by atomic mass is 10.1. The number of hydrogen-bond acceptors (Lipinski definition) is 5. The van der Waals surface area contributed by atoms with E-state index in [1.807, 2.05) is 39.0 Å². The molecule has 0 aliphatic rings. The van der Waals surface area contributed by atoms with Crippen LogP contribution in [0, 0.1) is 25.2 Å². The number of hydrogen-bond donors (Lipinski definition) is 1. The summed E-state index contributed by atoms with van der Waals surface area (Å²) in [5.74, 6) is 0.555. The molecule has 0 atom stereocenters. The Kier molecular flexibility index (Phi) is 7.46. The van der Waals surface area contributed by atoms with Crippen LogP contribution in [-0.2, 0) is 4.79 Å². The molecule has 0 amide bonds.